The summed E-state index contributed by atoms with van der Waals surface area (Å²) in [5.41, 5.74) is 0.214. The predicted octanol–water partition coefficient (Wildman–Crippen LogP) is 4.95. The summed E-state index contributed by atoms with van der Waals surface area (Å²) in [4.78, 5) is 0.00999. The number of anilines is 1. The summed E-state index contributed by atoms with van der Waals surface area (Å²) in [5, 5.41) is 0.366. The van der Waals surface area contributed by atoms with Crippen molar-refractivity contribution in [3.8, 4) is 23.0 Å². The number of para-hydroxylation sites is 1. The van der Waals surface area contributed by atoms with Crippen LogP contribution in [0.3, 0.4) is 0 Å². The first-order chi connectivity index (χ1) is 13.4. The van der Waals surface area contributed by atoms with E-state index in [0.29, 0.717) is 28.0 Å². The van der Waals surface area contributed by atoms with Crippen LogP contribution in [0.1, 0.15) is 0 Å². The highest BCUT2D eigenvalue weighted by atomic mass is 35.5. The lowest BCUT2D eigenvalue weighted by molar-refractivity contribution is 0.354. The average molecular weight is 420 g/mol. The largest absolute Gasteiger partial charge is 0.493 e. The van der Waals surface area contributed by atoms with Crippen LogP contribution in [0.25, 0.3) is 0 Å². The Balaban J connectivity index is 1.95. The Morgan fingerprint density at radius 1 is 0.821 bits per heavy atom. The van der Waals surface area contributed by atoms with Crippen molar-refractivity contribution in [1.29, 1.82) is 0 Å². The minimum Gasteiger partial charge on any atom is -0.493 e. The zero-order valence-electron chi connectivity index (χ0n) is 15.2. The van der Waals surface area contributed by atoms with E-state index < -0.39 is 10.0 Å². The zero-order valence-corrected chi connectivity index (χ0v) is 16.8. The third kappa shape index (κ3) is 4.49. The second kappa shape index (κ2) is 8.41. The SMILES string of the molecule is COc1ccc(S(=O)(=O)Nc2cc(Cl)ccc2Oc2ccccc2)cc1OC. The van der Waals surface area contributed by atoms with Gasteiger partial charge in [-0.3, -0.25) is 4.72 Å². The monoisotopic (exact) mass is 419 g/mol. The number of methoxy groups -OCH3 is 2. The van der Waals surface area contributed by atoms with Crippen LogP contribution >= 0.6 is 11.6 Å². The number of hydrogen-bond acceptors (Lipinski definition) is 5. The molecule has 0 fully saturated rings. The quantitative estimate of drug-likeness (QED) is 0.586. The molecule has 146 valence electrons. The highest BCUT2D eigenvalue weighted by molar-refractivity contribution is 7.92. The summed E-state index contributed by atoms with van der Waals surface area (Å²) in [6.07, 6.45) is 0. The second-order valence-electron chi connectivity index (χ2n) is 5.68. The first-order valence-corrected chi connectivity index (χ1v) is 10.1. The molecule has 3 rings (SSSR count). The lowest BCUT2D eigenvalue weighted by Crippen LogP contribution is -2.14. The van der Waals surface area contributed by atoms with Gasteiger partial charge in [-0.1, -0.05) is 29.8 Å². The molecular weight excluding hydrogens is 402 g/mol. The van der Waals surface area contributed by atoms with Gasteiger partial charge in [-0.2, -0.15) is 0 Å². The number of sulfonamides is 1. The average Bonchev–Trinajstić information content (AvgIpc) is 2.70. The van der Waals surface area contributed by atoms with Crippen molar-refractivity contribution in [2.45, 2.75) is 4.90 Å². The molecule has 0 atom stereocenters. The number of benzene rings is 3. The molecule has 28 heavy (non-hydrogen) atoms. The fourth-order valence-electron chi connectivity index (χ4n) is 2.47. The Morgan fingerprint density at radius 2 is 1.50 bits per heavy atom. The lowest BCUT2D eigenvalue weighted by atomic mass is 10.3. The molecule has 0 radical (unpaired) electrons. The van der Waals surface area contributed by atoms with E-state index in [4.69, 9.17) is 25.8 Å². The van der Waals surface area contributed by atoms with Gasteiger partial charge in [0.05, 0.1) is 24.8 Å². The molecule has 0 unspecified atom stereocenters. The standard InChI is InChI=1S/C20H18ClNO5S/c1-25-19-11-9-16(13-20(19)26-2)28(23,24)22-17-12-14(21)8-10-18(17)27-15-6-4-3-5-7-15/h3-13,22H,1-2H3. The van der Waals surface area contributed by atoms with Gasteiger partial charge in [-0.15, -0.1) is 0 Å². The van der Waals surface area contributed by atoms with Crippen molar-refractivity contribution < 1.29 is 22.6 Å². The molecule has 0 aliphatic rings. The molecule has 0 aromatic heterocycles. The van der Waals surface area contributed by atoms with Gasteiger partial charge < -0.3 is 14.2 Å². The Bertz CT molecular complexity index is 1070. The molecule has 3 aromatic rings. The summed E-state index contributed by atoms with van der Waals surface area (Å²) in [6.45, 7) is 0. The number of nitrogens with one attached hydrogen (secondary N) is 1. The molecule has 0 saturated heterocycles. The Kier molecular flexibility index (Phi) is 5.96. The van der Waals surface area contributed by atoms with Crippen LogP contribution < -0.4 is 18.9 Å². The van der Waals surface area contributed by atoms with Crippen molar-refractivity contribution in [2.75, 3.05) is 18.9 Å². The molecule has 0 bridgehead atoms. The molecular formula is C20H18ClNO5S. The Labute approximate surface area is 168 Å². The molecule has 1 N–H and O–H groups in total. The normalized spacial score (nSPS) is 11.0. The minimum absolute atomic E-state index is 0.00999. The van der Waals surface area contributed by atoms with Gasteiger partial charge in [0, 0.05) is 11.1 Å². The van der Waals surface area contributed by atoms with Crippen molar-refractivity contribution in [1.82, 2.24) is 0 Å². The number of rotatable bonds is 7. The van der Waals surface area contributed by atoms with E-state index in [-0.39, 0.29) is 10.6 Å². The van der Waals surface area contributed by atoms with Gasteiger partial charge in [0.2, 0.25) is 0 Å². The molecule has 0 heterocycles. The van der Waals surface area contributed by atoms with E-state index in [2.05, 4.69) is 4.72 Å². The van der Waals surface area contributed by atoms with E-state index in [1.54, 1.807) is 24.3 Å². The molecule has 0 aliphatic carbocycles. The molecule has 0 aliphatic heterocycles. The fourth-order valence-corrected chi connectivity index (χ4v) is 3.72. The Morgan fingerprint density at radius 3 is 2.18 bits per heavy atom. The summed E-state index contributed by atoms with van der Waals surface area (Å²) in [7, 11) is -1.02. The topological polar surface area (TPSA) is 73.9 Å². The van der Waals surface area contributed by atoms with Crippen LogP contribution in [-0.4, -0.2) is 22.6 Å². The third-order valence-electron chi connectivity index (χ3n) is 3.82. The highest BCUT2D eigenvalue weighted by Crippen LogP contribution is 2.35. The van der Waals surface area contributed by atoms with Gasteiger partial charge in [-0.25, -0.2) is 8.42 Å². The molecule has 6 nitrogen and oxygen atoms in total. The van der Waals surface area contributed by atoms with Crippen LogP contribution in [-0.2, 0) is 10.0 Å². The number of hydrogen-bond donors (Lipinski definition) is 1. The summed E-state index contributed by atoms with van der Waals surface area (Å²) >= 11 is 6.06. The maximum atomic E-state index is 12.9. The number of halogens is 1. The van der Waals surface area contributed by atoms with Crippen molar-refractivity contribution in [3.63, 3.8) is 0 Å². The molecule has 3 aromatic carbocycles. The van der Waals surface area contributed by atoms with Crippen LogP contribution in [0.15, 0.2) is 71.6 Å². The predicted molar refractivity (Wildman–Crippen MR) is 108 cm³/mol. The van der Waals surface area contributed by atoms with Gasteiger partial charge >= 0.3 is 0 Å². The summed E-state index contributed by atoms with van der Waals surface area (Å²) in [5.74, 6) is 1.62. The van der Waals surface area contributed by atoms with Gasteiger partial charge in [-0.05, 0) is 42.5 Å². The first-order valence-electron chi connectivity index (χ1n) is 8.20. The van der Waals surface area contributed by atoms with E-state index in [0.717, 1.165) is 0 Å². The molecule has 0 saturated carbocycles. The molecule has 0 spiro atoms. The maximum Gasteiger partial charge on any atom is 0.262 e. The molecule has 0 amide bonds. The lowest BCUT2D eigenvalue weighted by Gasteiger charge is -2.15. The van der Waals surface area contributed by atoms with E-state index in [9.17, 15) is 8.42 Å². The number of ether oxygens (including phenoxy) is 3. The molecule has 8 heteroatoms. The van der Waals surface area contributed by atoms with Crippen molar-refractivity contribution in [3.05, 3.63) is 71.8 Å². The smallest absolute Gasteiger partial charge is 0.262 e. The van der Waals surface area contributed by atoms with E-state index in [1.807, 2.05) is 18.2 Å². The van der Waals surface area contributed by atoms with Gasteiger partial charge in [0.25, 0.3) is 10.0 Å². The fraction of sp³-hybridized carbons (Fsp3) is 0.100. The van der Waals surface area contributed by atoms with E-state index >= 15 is 0 Å². The van der Waals surface area contributed by atoms with Crippen LogP contribution in [0.4, 0.5) is 5.69 Å². The second-order valence-corrected chi connectivity index (χ2v) is 7.80. The van der Waals surface area contributed by atoms with Crippen LogP contribution in [0, 0.1) is 0 Å². The van der Waals surface area contributed by atoms with E-state index in [1.165, 1.54) is 38.5 Å². The summed E-state index contributed by atoms with van der Waals surface area (Å²) < 4.78 is 44.4. The van der Waals surface area contributed by atoms with Gasteiger partial charge in [0.15, 0.2) is 17.2 Å². The first kappa shape index (κ1) is 19.9. The van der Waals surface area contributed by atoms with Crippen LogP contribution in [0.2, 0.25) is 5.02 Å². The third-order valence-corrected chi connectivity index (χ3v) is 5.42. The van der Waals surface area contributed by atoms with Crippen LogP contribution in [0.5, 0.6) is 23.0 Å². The Hall–Kier alpha value is -2.90. The zero-order chi connectivity index (χ0) is 20.1. The maximum absolute atomic E-state index is 12.9. The summed E-state index contributed by atoms with van der Waals surface area (Å²) in [6, 6.07) is 18.0. The highest BCUT2D eigenvalue weighted by Gasteiger charge is 2.19. The van der Waals surface area contributed by atoms with Gasteiger partial charge in [0.1, 0.15) is 5.75 Å². The van der Waals surface area contributed by atoms with Crippen molar-refractivity contribution in [2.24, 2.45) is 0 Å². The van der Waals surface area contributed by atoms with Crippen molar-refractivity contribution >= 4 is 27.3 Å². The minimum atomic E-state index is -3.93.